The van der Waals surface area contributed by atoms with Gasteiger partial charge in [0.15, 0.2) is 0 Å². The molecule has 0 saturated heterocycles. The van der Waals surface area contributed by atoms with Gasteiger partial charge in [-0.05, 0) is 0 Å². The summed E-state index contributed by atoms with van der Waals surface area (Å²) in [6, 6.07) is 2.47. The molecular formula is C10H9N3O6. The molecule has 9 heteroatoms. The number of hydrogen-bond donors (Lipinski definition) is 1. The monoisotopic (exact) mass is 267 g/mol. The van der Waals surface area contributed by atoms with Gasteiger partial charge in [0.25, 0.3) is 17.3 Å². The van der Waals surface area contributed by atoms with Gasteiger partial charge in [0.05, 0.1) is 21.5 Å². The van der Waals surface area contributed by atoms with E-state index in [0.29, 0.717) is 0 Å². The molecule has 0 aliphatic rings. The van der Waals surface area contributed by atoms with Crippen molar-refractivity contribution < 1.29 is 19.4 Å². The average molecular weight is 267 g/mol. The molecule has 9 nitrogen and oxygen atoms in total. The van der Waals surface area contributed by atoms with Gasteiger partial charge >= 0.3 is 0 Å². The number of nitro benzene ring substituents is 2. The number of nitro groups is 2. The maximum atomic E-state index is 11.6. The molecule has 0 atom stereocenters. The van der Waals surface area contributed by atoms with E-state index in [4.69, 9.17) is 0 Å². The van der Waals surface area contributed by atoms with Gasteiger partial charge in [-0.2, -0.15) is 0 Å². The molecule has 2 amide bonds. The number of imide groups is 1. The first-order valence-electron chi connectivity index (χ1n) is 5.13. The molecule has 0 aliphatic heterocycles. The van der Waals surface area contributed by atoms with E-state index in [0.717, 1.165) is 18.2 Å². The fourth-order valence-electron chi connectivity index (χ4n) is 1.22. The SMILES string of the molecule is CCC(=O)NC(=O)c1cc([N+](=O)[O-])cc([N+](=O)[O-])c1. The lowest BCUT2D eigenvalue weighted by molar-refractivity contribution is -0.394. The molecule has 1 rings (SSSR count). The summed E-state index contributed by atoms with van der Waals surface area (Å²) >= 11 is 0. The molecule has 0 aliphatic carbocycles. The van der Waals surface area contributed by atoms with Gasteiger partial charge < -0.3 is 0 Å². The number of carbonyl (C=O) groups excluding carboxylic acids is 2. The fourth-order valence-corrected chi connectivity index (χ4v) is 1.22. The Kier molecular flexibility index (Phi) is 4.24. The van der Waals surface area contributed by atoms with Gasteiger partial charge in [-0.15, -0.1) is 0 Å². The Labute approximate surface area is 106 Å². The number of nitrogens with one attached hydrogen (secondary N) is 1. The van der Waals surface area contributed by atoms with Crippen molar-refractivity contribution >= 4 is 23.2 Å². The number of hydrogen-bond acceptors (Lipinski definition) is 6. The van der Waals surface area contributed by atoms with Crippen LogP contribution in [0.1, 0.15) is 23.7 Å². The quantitative estimate of drug-likeness (QED) is 0.643. The molecule has 1 aromatic rings. The second-order valence-electron chi connectivity index (χ2n) is 3.48. The highest BCUT2D eigenvalue weighted by atomic mass is 16.6. The molecule has 0 spiro atoms. The van der Waals surface area contributed by atoms with E-state index < -0.39 is 33.0 Å². The van der Waals surface area contributed by atoms with Crippen molar-refractivity contribution in [3.63, 3.8) is 0 Å². The highest BCUT2D eigenvalue weighted by Gasteiger charge is 2.20. The maximum Gasteiger partial charge on any atom is 0.277 e. The van der Waals surface area contributed by atoms with Crippen LogP contribution in [-0.4, -0.2) is 21.7 Å². The van der Waals surface area contributed by atoms with Crippen LogP contribution in [0.3, 0.4) is 0 Å². The van der Waals surface area contributed by atoms with E-state index >= 15 is 0 Å². The van der Waals surface area contributed by atoms with Crippen LogP contribution in [0.15, 0.2) is 18.2 Å². The Balaban J connectivity index is 3.19. The third kappa shape index (κ3) is 3.56. The van der Waals surface area contributed by atoms with Crippen LogP contribution in [0, 0.1) is 20.2 Å². The Morgan fingerprint density at radius 2 is 1.58 bits per heavy atom. The molecule has 100 valence electrons. The van der Waals surface area contributed by atoms with Crippen LogP contribution in [0.4, 0.5) is 11.4 Å². The zero-order valence-electron chi connectivity index (χ0n) is 9.78. The molecule has 0 bridgehead atoms. The lowest BCUT2D eigenvalue weighted by Crippen LogP contribution is -2.29. The Morgan fingerprint density at radius 3 is 1.95 bits per heavy atom. The molecule has 0 saturated carbocycles. The van der Waals surface area contributed by atoms with Gasteiger partial charge in [0, 0.05) is 18.6 Å². The van der Waals surface area contributed by atoms with Crippen molar-refractivity contribution in [1.82, 2.24) is 5.32 Å². The number of carbonyl (C=O) groups is 2. The van der Waals surface area contributed by atoms with E-state index in [2.05, 4.69) is 0 Å². The molecule has 0 heterocycles. The standard InChI is InChI=1S/C10H9N3O6/c1-2-9(14)11-10(15)6-3-7(12(16)17)5-8(4-6)13(18)19/h3-5H,2H2,1H3,(H,11,14,15). The number of nitrogens with zero attached hydrogens (tertiary/aromatic N) is 2. The highest BCUT2D eigenvalue weighted by Crippen LogP contribution is 2.22. The smallest absolute Gasteiger partial charge is 0.277 e. The summed E-state index contributed by atoms with van der Waals surface area (Å²) in [7, 11) is 0. The predicted octanol–water partition coefficient (Wildman–Crippen LogP) is 1.17. The van der Waals surface area contributed by atoms with Gasteiger partial charge in [0.2, 0.25) is 5.91 Å². The molecule has 1 aromatic carbocycles. The first kappa shape index (κ1) is 14.2. The van der Waals surface area contributed by atoms with Crippen molar-refractivity contribution in [2.45, 2.75) is 13.3 Å². The molecular weight excluding hydrogens is 258 g/mol. The molecule has 0 fully saturated rings. The van der Waals surface area contributed by atoms with Crippen LogP contribution < -0.4 is 5.32 Å². The van der Waals surface area contributed by atoms with Crippen molar-refractivity contribution in [1.29, 1.82) is 0 Å². The van der Waals surface area contributed by atoms with E-state index in [1.165, 1.54) is 6.92 Å². The van der Waals surface area contributed by atoms with E-state index in [9.17, 15) is 29.8 Å². The first-order chi connectivity index (χ1) is 8.85. The molecule has 19 heavy (non-hydrogen) atoms. The predicted molar refractivity (Wildman–Crippen MR) is 62.5 cm³/mol. The Bertz CT molecular complexity index is 536. The second-order valence-corrected chi connectivity index (χ2v) is 3.48. The zero-order valence-corrected chi connectivity index (χ0v) is 9.78. The molecule has 0 radical (unpaired) electrons. The van der Waals surface area contributed by atoms with Gasteiger partial charge in [0.1, 0.15) is 0 Å². The van der Waals surface area contributed by atoms with E-state index in [1.807, 2.05) is 5.32 Å². The lowest BCUT2D eigenvalue weighted by atomic mass is 10.1. The molecule has 0 aromatic heterocycles. The van der Waals surface area contributed by atoms with Crippen molar-refractivity contribution in [2.75, 3.05) is 0 Å². The highest BCUT2D eigenvalue weighted by molar-refractivity contribution is 6.05. The topological polar surface area (TPSA) is 132 Å². The van der Waals surface area contributed by atoms with Gasteiger partial charge in [-0.1, -0.05) is 6.92 Å². The summed E-state index contributed by atoms with van der Waals surface area (Å²) in [5.41, 5.74) is -1.51. The third-order valence-corrected chi connectivity index (χ3v) is 2.16. The third-order valence-electron chi connectivity index (χ3n) is 2.16. The summed E-state index contributed by atoms with van der Waals surface area (Å²) < 4.78 is 0. The van der Waals surface area contributed by atoms with Crippen molar-refractivity contribution in [3.8, 4) is 0 Å². The second kappa shape index (κ2) is 5.67. The number of non-ortho nitro benzene ring substituents is 2. The normalized spacial score (nSPS) is 9.74. The van der Waals surface area contributed by atoms with E-state index in [-0.39, 0.29) is 12.0 Å². The van der Waals surface area contributed by atoms with Crippen LogP contribution in [-0.2, 0) is 4.79 Å². The van der Waals surface area contributed by atoms with Crippen LogP contribution in [0.5, 0.6) is 0 Å². The number of benzene rings is 1. The zero-order chi connectivity index (χ0) is 14.6. The summed E-state index contributed by atoms with van der Waals surface area (Å²) in [4.78, 5) is 42.1. The largest absolute Gasteiger partial charge is 0.292 e. The lowest BCUT2D eigenvalue weighted by Gasteiger charge is -2.02. The van der Waals surface area contributed by atoms with Crippen LogP contribution in [0.25, 0.3) is 0 Å². The van der Waals surface area contributed by atoms with Crippen LogP contribution in [0.2, 0.25) is 0 Å². The van der Waals surface area contributed by atoms with Crippen molar-refractivity contribution in [2.24, 2.45) is 0 Å². The Hall–Kier alpha value is -2.84. The summed E-state index contributed by atoms with van der Waals surface area (Å²) in [6.07, 6.45) is 0.0444. The Morgan fingerprint density at radius 1 is 1.11 bits per heavy atom. The summed E-state index contributed by atoms with van der Waals surface area (Å²) in [6.45, 7) is 1.51. The molecule has 0 unspecified atom stereocenters. The van der Waals surface area contributed by atoms with Gasteiger partial charge in [-0.3, -0.25) is 35.1 Å². The number of rotatable bonds is 4. The minimum atomic E-state index is -0.918. The fraction of sp³-hybridized carbons (Fsp3) is 0.200. The summed E-state index contributed by atoms with van der Waals surface area (Å²) in [5.74, 6) is -1.50. The van der Waals surface area contributed by atoms with Gasteiger partial charge in [-0.25, -0.2) is 0 Å². The number of amides is 2. The average Bonchev–Trinajstić information content (AvgIpc) is 2.37. The first-order valence-corrected chi connectivity index (χ1v) is 5.13. The van der Waals surface area contributed by atoms with E-state index in [1.54, 1.807) is 0 Å². The minimum Gasteiger partial charge on any atom is -0.292 e. The minimum absolute atomic E-state index is 0.0444. The van der Waals surface area contributed by atoms with Crippen LogP contribution >= 0.6 is 0 Å². The summed E-state index contributed by atoms with van der Waals surface area (Å²) in [5, 5.41) is 23.2. The molecule has 1 N–H and O–H groups in total. The maximum absolute atomic E-state index is 11.6. The van der Waals surface area contributed by atoms with Crippen molar-refractivity contribution in [3.05, 3.63) is 44.0 Å².